The van der Waals surface area contributed by atoms with Crippen LogP contribution in [0.4, 0.5) is 0 Å². The van der Waals surface area contributed by atoms with Gasteiger partial charge in [0.1, 0.15) is 12.4 Å². The van der Waals surface area contributed by atoms with Gasteiger partial charge < -0.3 is 15.2 Å². The molecule has 0 radical (unpaired) electrons. The molecule has 1 aromatic carbocycles. The number of halogens is 2. The topological polar surface area (TPSA) is 41.5 Å². The largest absolute Gasteiger partial charge is 0.488 e. The lowest BCUT2D eigenvalue weighted by atomic mass is 10.0. The van der Waals surface area contributed by atoms with Crippen LogP contribution in [0.3, 0.4) is 0 Å². The number of aliphatic hydroxyl groups is 1. The molecule has 3 nitrogen and oxygen atoms in total. The molecule has 0 spiro atoms. The Morgan fingerprint density at radius 3 is 2.33 bits per heavy atom. The lowest BCUT2D eigenvalue weighted by Crippen LogP contribution is -2.32. The SMILES string of the molecule is CC(C)NCc1cc(Br)c(OCC2(O)CCCC2)c(Br)c1. The summed E-state index contributed by atoms with van der Waals surface area (Å²) in [6.45, 7) is 5.43. The van der Waals surface area contributed by atoms with E-state index in [9.17, 15) is 5.11 Å². The lowest BCUT2D eigenvalue weighted by Gasteiger charge is -2.23. The van der Waals surface area contributed by atoms with Crippen LogP contribution in [0.5, 0.6) is 5.75 Å². The summed E-state index contributed by atoms with van der Waals surface area (Å²) >= 11 is 7.14. The molecule has 0 bridgehead atoms. The average molecular weight is 421 g/mol. The third-order valence-corrected chi connectivity index (χ3v) is 4.97. The second-order valence-electron chi connectivity index (χ2n) is 6.14. The molecule has 2 rings (SSSR count). The number of hydrogen-bond donors (Lipinski definition) is 2. The van der Waals surface area contributed by atoms with Crippen LogP contribution >= 0.6 is 31.9 Å². The van der Waals surface area contributed by atoms with Crippen molar-refractivity contribution in [1.82, 2.24) is 5.32 Å². The standard InChI is InChI=1S/C16H23Br2NO2/c1-11(2)19-9-12-7-13(17)15(14(18)8-12)21-10-16(20)5-3-4-6-16/h7-8,11,19-20H,3-6,9-10H2,1-2H3. The molecule has 0 heterocycles. The average Bonchev–Trinajstić information content (AvgIpc) is 2.82. The first-order valence-electron chi connectivity index (χ1n) is 7.46. The highest BCUT2D eigenvalue weighted by molar-refractivity contribution is 9.11. The zero-order chi connectivity index (χ0) is 15.5. The summed E-state index contributed by atoms with van der Waals surface area (Å²) in [6.07, 6.45) is 3.83. The molecule has 0 aliphatic heterocycles. The molecule has 21 heavy (non-hydrogen) atoms. The van der Waals surface area contributed by atoms with Crippen LogP contribution < -0.4 is 10.1 Å². The Labute approximate surface area is 143 Å². The van der Waals surface area contributed by atoms with Gasteiger partial charge in [-0.2, -0.15) is 0 Å². The Kier molecular flexibility index (Phi) is 6.12. The molecule has 0 saturated heterocycles. The van der Waals surface area contributed by atoms with Crippen molar-refractivity contribution in [3.8, 4) is 5.75 Å². The van der Waals surface area contributed by atoms with Crippen LogP contribution in [0, 0.1) is 0 Å². The molecule has 0 unspecified atom stereocenters. The summed E-state index contributed by atoms with van der Waals surface area (Å²) in [5, 5.41) is 13.8. The molecule has 1 saturated carbocycles. The van der Waals surface area contributed by atoms with Gasteiger partial charge in [-0.1, -0.05) is 26.7 Å². The molecule has 5 heteroatoms. The molecule has 1 aromatic rings. The van der Waals surface area contributed by atoms with Crippen LogP contribution in [-0.2, 0) is 6.54 Å². The first-order valence-corrected chi connectivity index (χ1v) is 9.05. The number of ether oxygens (including phenoxy) is 1. The van der Waals surface area contributed by atoms with Crippen LogP contribution in [0.2, 0.25) is 0 Å². The minimum Gasteiger partial charge on any atom is -0.488 e. The molecule has 0 amide bonds. The van der Waals surface area contributed by atoms with Gasteiger partial charge in [-0.25, -0.2) is 0 Å². The van der Waals surface area contributed by atoms with E-state index in [2.05, 4.69) is 63.2 Å². The molecule has 0 aromatic heterocycles. The molecule has 1 aliphatic rings. The third-order valence-electron chi connectivity index (χ3n) is 3.79. The van der Waals surface area contributed by atoms with Crippen molar-refractivity contribution in [3.63, 3.8) is 0 Å². The lowest BCUT2D eigenvalue weighted by molar-refractivity contribution is 0.000948. The zero-order valence-corrected chi connectivity index (χ0v) is 15.8. The van der Waals surface area contributed by atoms with Gasteiger partial charge in [0.2, 0.25) is 0 Å². The van der Waals surface area contributed by atoms with Gasteiger partial charge in [0, 0.05) is 12.6 Å². The van der Waals surface area contributed by atoms with Gasteiger partial charge in [-0.3, -0.25) is 0 Å². The first kappa shape index (κ1) is 17.3. The normalized spacial score (nSPS) is 17.4. The van der Waals surface area contributed by atoms with Crippen LogP contribution in [-0.4, -0.2) is 23.4 Å². The van der Waals surface area contributed by atoms with E-state index in [4.69, 9.17) is 4.74 Å². The fraction of sp³-hybridized carbons (Fsp3) is 0.625. The highest BCUT2D eigenvalue weighted by atomic mass is 79.9. The van der Waals surface area contributed by atoms with Crippen LogP contribution in [0.1, 0.15) is 45.1 Å². The summed E-state index contributed by atoms with van der Waals surface area (Å²) in [6, 6.07) is 4.58. The highest BCUT2D eigenvalue weighted by Gasteiger charge is 2.32. The summed E-state index contributed by atoms with van der Waals surface area (Å²) in [7, 11) is 0. The molecule has 1 aliphatic carbocycles. The predicted octanol–water partition coefficient (Wildman–Crippen LogP) is 4.39. The number of hydrogen-bond acceptors (Lipinski definition) is 3. The molecule has 118 valence electrons. The summed E-state index contributed by atoms with van der Waals surface area (Å²) < 4.78 is 7.70. The molecule has 2 N–H and O–H groups in total. The van der Waals surface area contributed by atoms with Gasteiger partial charge in [-0.15, -0.1) is 0 Å². The third kappa shape index (κ3) is 4.95. The Morgan fingerprint density at radius 1 is 1.24 bits per heavy atom. The number of rotatable bonds is 6. The monoisotopic (exact) mass is 419 g/mol. The van der Waals surface area contributed by atoms with Gasteiger partial charge in [0.15, 0.2) is 0 Å². The van der Waals surface area contributed by atoms with Crippen molar-refractivity contribution in [3.05, 3.63) is 26.6 Å². The fourth-order valence-corrected chi connectivity index (χ4v) is 4.07. The Balaban J connectivity index is 2.02. The first-order chi connectivity index (χ1) is 9.89. The summed E-state index contributed by atoms with van der Waals surface area (Å²) in [5.41, 5.74) is 0.533. The number of nitrogens with one attached hydrogen (secondary N) is 1. The Hall–Kier alpha value is -0.100. The summed E-state index contributed by atoms with van der Waals surface area (Å²) in [4.78, 5) is 0. The van der Waals surface area contributed by atoms with E-state index in [0.29, 0.717) is 12.6 Å². The molecule has 1 fully saturated rings. The second kappa shape index (κ2) is 7.44. The fourth-order valence-electron chi connectivity index (χ4n) is 2.56. The van der Waals surface area contributed by atoms with E-state index >= 15 is 0 Å². The second-order valence-corrected chi connectivity index (χ2v) is 7.85. The van der Waals surface area contributed by atoms with Gasteiger partial charge >= 0.3 is 0 Å². The van der Waals surface area contributed by atoms with Crippen molar-refractivity contribution in [2.24, 2.45) is 0 Å². The van der Waals surface area contributed by atoms with E-state index in [1.54, 1.807) is 0 Å². The van der Waals surface area contributed by atoms with E-state index in [0.717, 1.165) is 46.9 Å². The van der Waals surface area contributed by atoms with Gasteiger partial charge in [0.05, 0.1) is 14.5 Å². The summed E-state index contributed by atoms with van der Waals surface area (Å²) in [5.74, 6) is 0.767. The minimum absolute atomic E-state index is 0.355. The Bertz CT molecular complexity index is 462. The van der Waals surface area contributed by atoms with E-state index in [-0.39, 0.29) is 0 Å². The van der Waals surface area contributed by atoms with E-state index < -0.39 is 5.60 Å². The van der Waals surface area contributed by atoms with E-state index in [1.807, 2.05) is 0 Å². The van der Waals surface area contributed by atoms with E-state index in [1.165, 1.54) is 5.56 Å². The minimum atomic E-state index is -0.656. The number of benzene rings is 1. The highest BCUT2D eigenvalue weighted by Crippen LogP contribution is 2.37. The van der Waals surface area contributed by atoms with Crippen LogP contribution in [0.15, 0.2) is 21.1 Å². The quantitative estimate of drug-likeness (QED) is 0.716. The molecule has 0 atom stereocenters. The Morgan fingerprint density at radius 2 is 1.81 bits per heavy atom. The maximum Gasteiger partial charge on any atom is 0.147 e. The van der Waals surface area contributed by atoms with Crippen molar-refractivity contribution in [2.45, 2.75) is 57.7 Å². The van der Waals surface area contributed by atoms with Crippen molar-refractivity contribution in [2.75, 3.05) is 6.61 Å². The smallest absolute Gasteiger partial charge is 0.147 e. The van der Waals surface area contributed by atoms with Crippen molar-refractivity contribution >= 4 is 31.9 Å². The van der Waals surface area contributed by atoms with Gasteiger partial charge in [-0.05, 0) is 62.4 Å². The maximum absolute atomic E-state index is 10.4. The molecular weight excluding hydrogens is 398 g/mol. The van der Waals surface area contributed by atoms with Crippen molar-refractivity contribution in [1.29, 1.82) is 0 Å². The van der Waals surface area contributed by atoms with Crippen molar-refractivity contribution < 1.29 is 9.84 Å². The molecular formula is C16H23Br2NO2. The van der Waals surface area contributed by atoms with Crippen LogP contribution in [0.25, 0.3) is 0 Å². The zero-order valence-electron chi connectivity index (χ0n) is 12.6. The maximum atomic E-state index is 10.4. The predicted molar refractivity (Wildman–Crippen MR) is 92.7 cm³/mol. The van der Waals surface area contributed by atoms with Gasteiger partial charge in [0.25, 0.3) is 0 Å².